The van der Waals surface area contributed by atoms with Crippen LogP contribution in [-0.2, 0) is 6.18 Å². The van der Waals surface area contributed by atoms with Crippen LogP contribution in [-0.4, -0.2) is 6.29 Å². The van der Waals surface area contributed by atoms with Crippen molar-refractivity contribution in [2.24, 2.45) is 0 Å². The lowest BCUT2D eigenvalue weighted by atomic mass is 10.0. The number of hydrogen-bond donors (Lipinski definition) is 0. The van der Waals surface area contributed by atoms with Crippen LogP contribution in [0.4, 0.5) is 13.2 Å². The van der Waals surface area contributed by atoms with E-state index in [1.807, 2.05) is 0 Å². The molecule has 0 fully saturated rings. The van der Waals surface area contributed by atoms with Gasteiger partial charge < -0.3 is 4.42 Å². The third kappa shape index (κ3) is 2.26. The first kappa shape index (κ1) is 12.7. The molecule has 94 valence electrons. The molecule has 0 unspecified atom stereocenters. The second-order valence-corrected chi connectivity index (χ2v) is 3.92. The molecule has 0 atom stereocenters. The van der Waals surface area contributed by atoms with E-state index in [0.29, 0.717) is 6.29 Å². The molecule has 0 aliphatic rings. The van der Waals surface area contributed by atoms with Gasteiger partial charge in [-0.3, -0.25) is 4.79 Å². The number of alkyl halides is 3. The van der Waals surface area contributed by atoms with Crippen molar-refractivity contribution in [2.45, 2.75) is 6.18 Å². The summed E-state index contributed by atoms with van der Waals surface area (Å²) < 4.78 is 42.6. The summed E-state index contributed by atoms with van der Waals surface area (Å²) in [5.41, 5.74) is -0.483. The number of furan rings is 1. The molecular weight excluding hydrogens is 269 g/mol. The molecule has 2 nitrogen and oxygen atoms in total. The van der Waals surface area contributed by atoms with Crippen molar-refractivity contribution in [3.8, 4) is 11.1 Å². The van der Waals surface area contributed by atoms with Crippen molar-refractivity contribution in [1.29, 1.82) is 0 Å². The van der Waals surface area contributed by atoms with Crippen LogP contribution in [0.25, 0.3) is 11.1 Å². The van der Waals surface area contributed by atoms with Gasteiger partial charge in [-0.05, 0) is 24.3 Å². The monoisotopic (exact) mass is 274 g/mol. The van der Waals surface area contributed by atoms with Gasteiger partial charge in [-0.2, -0.15) is 13.2 Å². The zero-order valence-electron chi connectivity index (χ0n) is 8.79. The number of carbonyl (C=O) groups is 1. The molecule has 2 rings (SSSR count). The first-order chi connectivity index (χ1) is 8.43. The Kier molecular flexibility index (Phi) is 3.17. The maximum atomic E-state index is 12.6. The molecule has 0 bridgehead atoms. The third-order valence-corrected chi connectivity index (χ3v) is 2.72. The minimum Gasteiger partial charge on any atom is -0.461 e. The highest BCUT2D eigenvalue weighted by molar-refractivity contribution is 6.33. The Morgan fingerprint density at radius 2 is 1.89 bits per heavy atom. The van der Waals surface area contributed by atoms with Crippen molar-refractivity contribution in [2.75, 3.05) is 0 Å². The first-order valence-electron chi connectivity index (χ1n) is 4.83. The normalized spacial score (nSPS) is 11.6. The van der Waals surface area contributed by atoms with Crippen LogP contribution in [0.1, 0.15) is 16.1 Å². The third-order valence-electron chi connectivity index (χ3n) is 2.39. The zero-order chi connectivity index (χ0) is 13.3. The molecule has 0 aliphatic heterocycles. The maximum Gasteiger partial charge on any atom is 0.416 e. The minimum absolute atomic E-state index is 0.0591. The van der Waals surface area contributed by atoms with Gasteiger partial charge in [0.15, 0.2) is 12.0 Å². The molecule has 18 heavy (non-hydrogen) atoms. The predicted octanol–water partition coefficient (Wildman–Crippen LogP) is 4.43. The Balaban J connectivity index is 2.60. The van der Waals surface area contributed by atoms with Crippen LogP contribution in [0.5, 0.6) is 0 Å². The SMILES string of the molecule is O=Cc1occc1-c1cc(C(F)(F)F)ccc1Cl. The second kappa shape index (κ2) is 4.49. The summed E-state index contributed by atoms with van der Waals surface area (Å²) in [7, 11) is 0. The van der Waals surface area contributed by atoms with Gasteiger partial charge in [0.25, 0.3) is 0 Å². The van der Waals surface area contributed by atoms with Crippen LogP contribution >= 0.6 is 11.6 Å². The number of carbonyl (C=O) groups excluding carboxylic acids is 1. The highest BCUT2D eigenvalue weighted by atomic mass is 35.5. The fraction of sp³-hybridized carbons (Fsp3) is 0.0833. The molecule has 0 N–H and O–H groups in total. The molecule has 1 heterocycles. The molecule has 0 radical (unpaired) electrons. The largest absolute Gasteiger partial charge is 0.461 e. The standard InChI is InChI=1S/C12H6ClF3O2/c13-10-2-1-7(12(14,15)16)5-9(10)8-3-4-18-11(8)6-17/h1-6H. The van der Waals surface area contributed by atoms with Gasteiger partial charge in [0.1, 0.15) is 0 Å². The van der Waals surface area contributed by atoms with Crippen LogP contribution in [0, 0.1) is 0 Å². The number of benzene rings is 1. The first-order valence-corrected chi connectivity index (χ1v) is 5.21. The van der Waals surface area contributed by atoms with Gasteiger partial charge >= 0.3 is 6.18 Å². The van der Waals surface area contributed by atoms with E-state index >= 15 is 0 Å². The topological polar surface area (TPSA) is 30.2 Å². The van der Waals surface area contributed by atoms with Crippen molar-refractivity contribution in [1.82, 2.24) is 0 Å². The van der Waals surface area contributed by atoms with Crippen LogP contribution < -0.4 is 0 Å². The van der Waals surface area contributed by atoms with Gasteiger partial charge in [-0.25, -0.2) is 0 Å². The van der Waals surface area contributed by atoms with Gasteiger partial charge in [0.2, 0.25) is 0 Å². The molecule has 0 saturated heterocycles. The Bertz CT molecular complexity index is 587. The average Bonchev–Trinajstić information content (AvgIpc) is 2.76. The molecule has 6 heteroatoms. The van der Waals surface area contributed by atoms with Crippen molar-refractivity contribution in [3.63, 3.8) is 0 Å². The van der Waals surface area contributed by atoms with Gasteiger partial charge in [0, 0.05) is 16.1 Å². The van der Waals surface area contributed by atoms with Crippen molar-refractivity contribution >= 4 is 17.9 Å². The van der Waals surface area contributed by atoms with Gasteiger partial charge in [-0.1, -0.05) is 11.6 Å². The summed E-state index contributed by atoms with van der Waals surface area (Å²) in [4.78, 5) is 10.7. The van der Waals surface area contributed by atoms with E-state index in [4.69, 9.17) is 16.0 Å². The van der Waals surface area contributed by atoms with Crippen LogP contribution in [0.15, 0.2) is 34.9 Å². The fourth-order valence-corrected chi connectivity index (χ4v) is 1.76. The van der Waals surface area contributed by atoms with E-state index in [1.165, 1.54) is 12.3 Å². The lowest BCUT2D eigenvalue weighted by Crippen LogP contribution is -2.04. The van der Waals surface area contributed by atoms with E-state index < -0.39 is 11.7 Å². The highest BCUT2D eigenvalue weighted by Crippen LogP contribution is 2.37. The molecule has 0 aliphatic carbocycles. The fourth-order valence-electron chi connectivity index (χ4n) is 1.54. The lowest BCUT2D eigenvalue weighted by Gasteiger charge is -2.09. The van der Waals surface area contributed by atoms with Crippen LogP contribution in [0.2, 0.25) is 5.02 Å². The zero-order valence-corrected chi connectivity index (χ0v) is 9.55. The molecule has 0 spiro atoms. The van der Waals surface area contributed by atoms with E-state index in [1.54, 1.807) is 0 Å². The number of aldehydes is 1. The predicted molar refractivity (Wildman–Crippen MR) is 59.5 cm³/mol. The summed E-state index contributed by atoms with van der Waals surface area (Å²) in [6.45, 7) is 0. The number of halogens is 4. The Hall–Kier alpha value is -1.75. The minimum atomic E-state index is -4.47. The Morgan fingerprint density at radius 3 is 2.50 bits per heavy atom. The molecule has 0 amide bonds. The molecule has 1 aromatic heterocycles. The maximum absolute atomic E-state index is 12.6. The summed E-state index contributed by atoms with van der Waals surface area (Å²) >= 11 is 5.84. The van der Waals surface area contributed by atoms with E-state index in [-0.39, 0.29) is 21.9 Å². The second-order valence-electron chi connectivity index (χ2n) is 3.51. The van der Waals surface area contributed by atoms with E-state index in [9.17, 15) is 18.0 Å². The van der Waals surface area contributed by atoms with Crippen LogP contribution in [0.3, 0.4) is 0 Å². The summed E-state index contributed by atoms with van der Waals surface area (Å²) in [5.74, 6) is -0.0591. The lowest BCUT2D eigenvalue weighted by molar-refractivity contribution is -0.137. The summed E-state index contributed by atoms with van der Waals surface area (Å²) in [6, 6.07) is 4.30. The highest BCUT2D eigenvalue weighted by Gasteiger charge is 2.31. The number of hydrogen-bond acceptors (Lipinski definition) is 2. The quantitative estimate of drug-likeness (QED) is 0.758. The number of rotatable bonds is 2. The molecule has 0 saturated carbocycles. The average molecular weight is 275 g/mol. The Labute approximate surface area is 105 Å². The van der Waals surface area contributed by atoms with Crippen molar-refractivity contribution in [3.05, 3.63) is 46.9 Å². The van der Waals surface area contributed by atoms with E-state index in [2.05, 4.69) is 0 Å². The van der Waals surface area contributed by atoms with Gasteiger partial charge in [0.05, 0.1) is 11.8 Å². The molecular formula is C12H6ClF3O2. The van der Waals surface area contributed by atoms with E-state index in [0.717, 1.165) is 18.2 Å². The molecule has 2 aromatic rings. The Morgan fingerprint density at radius 1 is 1.17 bits per heavy atom. The smallest absolute Gasteiger partial charge is 0.416 e. The van der Waals surface area contributed by atoms with Crippen molar-refractivity contribution < 1.29 is 22.4 Å². The van der Waals surface area contributed by atoms with Gasteiger partial charge in [-0.15, -0.1) is 0 Å². The molecule has 1 aromatic carbocycles. The summed E-state index contributed by atoms with van der Waals surface area (Å²) in [5, 5.41) is 0.118. The summed E-state index contributed by atoms with van der Waals surface area (Å²) in [6.07, 6.45) is -2.83.